The standard InChI is InChI=1S/C14H18ClFN2/c1-3-5-11(4-2)18-13-7-6-10(16)8-12(13)17-14(18)9-15/h6-8,11H,3-5,9H2,1-2H3. The van der Waals surface area contributed by atoms with Gasteiger partial charge >= 0.3 is 0 Å². The zero-order valence-electron chi connectivity index (χ0n) is 10.8. The molecule has 0 saturated heterocycles. The Balaban J connectivity index is 2.58. The van der Waals surface area contributed by atoms with Gasteiger partial charge in [0.1, 0.15) is 11.6 Å². The second-order valence-corrected chi connectivity index (χ2v) is 4.78. The largest absolute Gasteiger partial charge is 0.324 e. The molecule has 1 atom stereocenters. The van der Waals surface area contributed by atoms with Crippen molar-refractivity contribution in [2.75, 3.05) is 0 Å². The fourth-order valence-corrected chi connectivity index (χ4v) is 2.66. The summed E-state index contributed by atoms with van der Waals surface area (Å²) >= 11 is 5.97. The molecule has 0 fully saturated rings. The van der Waals surface area contributed by atoms with E-state index in [0.717, 1.165) is 30.6 Å². The molecule has 1 heterocycles. The van der Waals surface area contributed by atoms with Crippen molar-refractivity contribution in [3.63, 3.8) is 0 Å². The number of aromatic nitrogens is 2. The highest BCUT2D eigenvalue weighted by Gasteiger charge is 2.17. The molecule has 0 aliphatic carbocycles. The van der Waals surface area contributed by atoms with Gasteiger partial charge < -0.3 is 4.57 Å². The molecular weight excluding hydrogens is 251 g/mol. The van der Waals surface area contributed by atoms with E-state index in [0.29, 0.717) is 17.4 Å². The van der Waals surface area contributed by atoms with Crippen LogP contribution in [-0.2, 0) is 5.88 Å². The van der Waals surface area contributed by atoms with Crippen molar-refractivity contribution in [3.05, 3.63) is 29.8 Å². The van der Waals surface area contributed by atoms with E-state index in [9.17, 15) is 4.39 Å². The van der Waals surface area contributed by atoms with Crippen LogP contribution in [-0.4, -0.2) is 9.55 Å². The molecule has 98 valence electrons. The number of imidazole rings is 1. The average Bonchev–Trinajstić information content (AvgIpc) is 2.73. The van der Waals surface area contributed by atoms with E-state index in [-0.39, 0.29) is 5.82 Å². The minimum atomic E-state index is -0.253. The van der Waals surface area contributed by atoms with Gasteiger partial charge in [-0.3, -0.25) is 0 Å². The SMILES string of the molecule is CCCC(CC)n1c(CCl)nc2cc(F)ccc21. The Bertz CT molecular complexity index is 536. The highest BCUT2D eigenvalue weighted by atomic mass is 35.5. The maximum Gasteiger partial charge on any atom is 0.125 e. The normalized spacial score (nSPS) is 13.1. The Morgan fingerprint density at radius 1 is 1.39 bits per heavy atom. The maximum absolute atomic E-state index is 13.2. The number of alkyl halides is 1. The van der Waals surface area contributed by atoms with Gasteiger partial charge in [0.15, 0.2) is 0 Å². The molecule has 0 radical (unpaired) electrons. The smallest absolute Gasteiger partial charge is 0.125 e. The minimum absolute atomic E-state index is 0.253. The first-order chi connectivity index (χ1) is 8.71. The lowest BCUT2D eigenvalue weighted by molar-refractivity contribution is 0.448. The summed E-state index contributed by atoms with van der Waals surface area (Å²) in [6.45, 7) is 4.33. The van der Waals surface area contributed by atoms with E-state index in [2.05, 4.69) is 23.4 Å². The summed E-state index contributed by atoms with van der Waals surface area (Å²) in [6, 6.07) is 5.14. The molecule has 0 aliphatic heterocycles. The summed E-state index contributed by atoms with van der Waals surface area (Å²) in [5, 5.41) is 0. The molecule has 1 aromatic heterocycles. The molecule has 18 heavy (non-hydrogen) atoms. The van der Waals surface area contributed by atoms with Crippen molar-refractivity contribution < 1.29 is 4.39 Å². The third-order valence-electron chi connectivity index (χ3n) is 3.30. The summed E-state index contributed by atoms with van der Waals surface area (Å²) in [5.41, 5.74) is 1.67. The number of halogens is 2. The molecule has 1 unspecified atom stereocenters. The monoisotopic (exact) mass is 268 g/mol. The van der Waals surface area contributed by atoms with Crippen LogP contribution in [0.25, 0.3) is 11.0 Å². The van der Waals surface area contributed by atoms with Crippen LogP contribution in [0.15, 0.2) is 18.2 Å². The van der Waals surface area contributed by atoms with Crippen LogP contribution in [0.1, 0.15) is 45.0 Å². The van der Waals surface area contributed by atoms with Crippen molar-refractivity contribution in [2.24, 2.45) is 0 Å². The Morgan fingerprint density at radius 3 is 2.78 bits per heavy atom. The van der Waals surface area contributed by atoms with Gasteiger partial charge in [0.2, 0.25) is 0 Å². The third kappa shape index (κ3) is 2.37. The molecule has 4 heteroatoms. The van der Waals surface area contributed by atoms with Crippen LogP contribution in [0.3, 0.4) is 0 Å². The average molecular weight is 269 g/mol. The number of rotatable bonds is 5. The lowest BCUT2D eigenvalue weighted by Gasteiger charge is -2.19. The molecule has 0 saturated carbocycles. The van der Waals surface area contributed by atoms with Gasteiger partial charge in [0.25, 0.3) is 0 Å². The highest BCUT2D eigenvalue weighted by Crippen LogP contribution is 2.27. The van der Waals surface area contributed by atoms with Gasteiger partial charge in [-0.25, -0.2) is 9.37 Å². The highest BCUT2D eigenvalue weighted by molar-refractivity contribution is 6.16. The molecule has 0 aliphatic rings. The predicted octanol–water partition coefficient (Wildman–Crippen LogP) is 4.67. The van der Waals surface area contributed by atoms with Crippen molar-refractivity contribution in [1.82, 2.24) is 9.55 Å². The molecule has 2 nitrogen and oxygen atoms in total. The number of fused-ring (bicyclic) bond motifs is 1. The zero-order valence-corrected chi connectivity index (χ0v) is 11.5. The molecule has 0 spiro atoms. The second kappa shape index (κ2) is 5.70. The predicted molar refractivity (Wildman–Crippen MR) is 73.5 cm³/mol. The zero-order chi connectivity index (χ0) is 13.1. The van der Waals surface area contributed by atoms with Crippen LogP contribution < -0.4 is 0 Å². The van der Waals surface area contributed by atoms with Crippen molar-refractivity contribution >= 4 is 22.6 Å². The van der Waals surface area contributed by atoms with Crippen LogP contribution in [0.4, 0.5) is 4.39 Å². The summed E-state index contributed by atoms with van der Waals surface area (Å²) in [6.07, 6.45) is 3.23. The summed E-state index contributed by atoms with van der Waals surface area (Å²) in [4.78, 5) is 4.43. The van der Waals surface area contributed by atoms with Gasteiger partial charge in [0, 0.05) is 12.1 Å². The summed E-state index contributed by atoms with van der Waals surface area (Å²) < 4.78 is 15.4. The first kappa shape index (κ1) is 13.3. The van der Waals surface area contributed by atoms with Gasteiger partial charge in [-0.15, -0.1) is 11.6 Å². The third-order valence-corrected chi connectivity index (χ3v) is 3.54. The minimum Gasteiger partial charge on any atom is -0.324 e. The fraction of sp³-hybridized carbons (Fsp3) is 0.500. The summed E-state index contributed by atoms with van der Waals surface area (Å²) in [5.74, 6) is 0.936. The van der Waals surface area contributed by atoms with E-state index in [4.69, 9.17) is 11.6 Å². The molecule has 1 aromatic carbocycles. The molecule has 0 amide bonds. The Labute approximate surface area is 112 Å². The van der Waals surface area contributed by atoms with E-state index in [1.54, 1.807) is 6.07 Å². The number of hydrogen-bond donors (Lipinski definition) is 0. The maximum atomic E-state index is 13.2. The second-order valence-electron chi connectivity index (χ2n) is 4.52. The van der Waals surface area contributed by atoms with Crippen LogP contribution in [0.2, 0.25) is 0 Å². The fourth-order valence-electron chi connectivity index (χ4n) is 2.47. The molecule has 0 N–H and O–H groups in total. The molecule has 2 aromatic rings. The quantitative estimate of drug-likeness (QED) is 0.721. The molecule has 0 bridgehead atoms. The molecule has 2 rings (SSSR count). The number of hydrogen-bond acceptors (Lipinski definition) is 1. The lowest BCUT2D eigenvalue weighted by atomic mass is 10.1. The topological polar surface area (TPSA) is 17.8 Å². The Kier molecular flexibility index (Phi) is 4.23. The van der Waals surface area contributed by atoms with E-state index in [1.165, 1.54) is 12.1 Å². The van der Waals surface area contributed by atoms with Crippen molar-refractivity contribution in [1.29, 1.82) is 0 Å². The van der Waals surface area contributed by atoms with Gasteiger partial charge in [-0.05, 0) is 25.0 Å². The Hall–Kier alpha value is -1.09. The van der Waals surface area contributed by atoms with E-state index in [1.807, 2.05) is 0 Å². The van der Waals surface area contributed by atoms with Crippen molar-refractivity contribution in [2.45, 2.75) is 45.0 Å². The number of benzene rings is 1. The number of nitrogens with zero attached hydrogens (tertiary/aromatic N) is 2. The van der Waals surface area contributed by atoms with Crippen molar-refractivity contribution in [3.8, 4) is 0 Å². The van der Waals surface area contributed by atoms with Gasteiger partial charge in [-0.1, -0.05) is 20.3 Å². The first-order valence-corrected chi connectivity index (χ1v) is 6.97. The first-order valence-electron chi connectivity index (χ1n) is 6.43. The van der Waals surface area contributed by atoms with Gasteiger partial charge in [-0.2, -0.15) is 0 Å². The Morgan fingerprint density at radius 2 is 2.17 bits per heavy atom. The summed E-state index contributed by atoms with van der Waals surface area (Å²) in [7, 11) is 0. The lowest BCUT2D eigenvalue weighted by Crippen LogP contribution is -2.10. The van der Waals surface area contributed by atoms with Crippen LogP contribution in [0, 0.1) is 5.82 Å². The van der Waals surface area contributed by atoms with E-state index < -0.39 is 0 Å². The van der Waals surface area contributed by atoms with E-state index >= 15 is 0 Å². The van der Waals surface area contributed by atoms with Gasteiger partial charge in [0.05, 0.1) is 16.9 Å². The van der Waals surface area contributed by atoms with Crippen LogP contribution in [0.5, 0.6) is 0 Å². The van der Waals surface area contributed by atoms with Crippen LogP contribution >= 0.6 is 11.6 Å². The molecular formula is C14H18ClFN2.